The first-order valence-electron chi connectivity index (χ1n) is 6.58. The molecule has 1 aromatic carbocycles. The molecular formula is C14H13FN2O5. The van der Waals surface area contributed by atoms with Gasteiger partial charge in [0, 0.05) is 19.5 Å². The van der Waals surface area contributed by atoms with E-state index in [1.54, 1.807) is 0 Å². The van der Waals surface area contributed by atoms with Gasteiger partial charge < -0.3 is 19.7 Å². The topological polar surface area (TPSA) is 93.8 Å². The van der Waals surface area contributed by atoms with Crippen LogP contribution < -0.4 is 9.47 Å². The molecule has 7 nitrogen and oxygen atoms in total. The number of rotatable bonds is 2. The summed E-state index contributed by atoms with van der Waals surface area (Å²) < 4.78 is 26.2. The summed E-state index contributed by atoms with van der Waals surface area (Å²) in [5.41, 5.74) is 0.0278. The molecule has 2 N–H and O–H groups in total. The number of carboxylic acids is 1. The third-order valence-corrected chi connectivity index (χ3v) is 3.32. The van der Waals surface area contributed by atoms with Crippen LogP contribution in [-0.2, 0) is 7.05 Å². The minimum absolute atomic E-state index is 0.0272. The van der Waals surface area contributed by atoms with E-state index < -0.39 is 17.5 Å². The third kappa shape index (κ3) is 2.22. The molecule has 0 unspecified atom stereocenters. The Balaban J connectivity index is 2.25. The Morgan fingerprint density at radius 3 is 2.77 bits per heavy atom. The average molecular weight is 308 g/mol. The zero-order valence-corrected chi connectivity index (χ0v) is 11.7. The fraction of sp³-hybridized carbons (Fsp3) is 0.286. The Morgan fingerprint density at radius 1 is 1.36 bits per heavy atom. The summed E-state index contributed by atoms with van der Waals surface area (Å²) >= 11 is 0. The van der Waals surface area contributed by atoms with E-state index in [0.717, 1.165) is 6.07 Å². The van der Waals surface area contributed by atoms with Crippen LogP contribution >= 0.6 is 0 Å². The number of phenolic OH excluding ortho intramolecular Hbond substituents is 1. The predicted molar refractivity (Wildman–Crippen MR) is 72.8 cm³/mol. The number of hydrogen-bond acceptors (Lipinski definition) is 5. The third-order valence-electron chi connectivity index (χ3n) is 3.32. The molecule has 0 aliphatic carbocycles. The van der Waals surface area contributed by atoms with Crippen molar-refractivity contribution in [3.8, 4) is 28.5 Å². The molecule has 0 saturated heterocycles. The van der Waals surface area contributed by atoms with Crippen molar-refractivity contribution < 1.29 is 28.9 Å². The fourth-order valence-corrected chi connectivity index (χ4v) is 2.31. The number of aromatic hydroxyl groups is 1. The van der Waals surface area contributed by atoms with E-state index in [9.17, 15) is 14.3 Å². The maximum Gasteiger partial charge on any atom is 0.356 e. The van der Waals surface area contributed by atoms with Gasteiger partial charge in [0.1, 0.15) is 0 Å². The van der Waals surface area contributed by atoms with Gasteiger partial charge in [-0.1, -0.05) is 0 Å². The number of aromatic nitrogens is 2. The fourth-order valence-electron chi connectivity index (χ4n) is 2.31. The van der Waals surface area contributed by atoms with Crippen LogP contribution in [0.15, 0.2) is 12.1 Å². The zero-order valence-electron chi connectivity index (χ0n) is 11.7. The SMILES string of the molecule is Cn1nc(C(=O)O)cc1-c1c(O)c(F)cc2c1OCCCO2. The first-order valence-corrected chi connectivity index (χ1v) is 6.58. The van der Waals surface area contributed by atoms with Gasteiger partial charge in [-0.05, 0) is 6.07 Å². The van der Waals surface area contributed by atoms with E-state index in [2.05, 4.69) is 5.10 Å². The van der Waals surface area contributed by atoms with Crippen LogP contribution in [0.5, 0.6) is 17.2 Å². The molecule has 0 saturated carbocycles. The van der Waals surface area contributed by atoms with Crippen LogP contribution in [0.2, 0.25) is 0 Å². The van der Waals surface area contributed by atoms with Gasteiger partial charge in [0.15, 0.2) is 28.8 Å². The van der Waals surface area contributed by atoms with Gasteiger partial charge in [-0.2, -0.15) is 5.10 Å². The molecule has 8 heteroatoms. The summed E-state index contributed by atoms with van der Waals surface area (Å²) in [6.07, 6.45) is 0.613. The van der Waals surface area contributed by atoms with Crippen LogP contribution in [0, 0.1) is 5.82 Å². The van der Waals surface area contributed by atoms with Crippen LogP contribution in [0.3, 0.4) is 0 Å². The van der Waals surface area contributed by atoms with Crippen molar-refractivity contribution in [2.45, 2.75) is 6.42 Å². The van der Waals surface area contributed by atoms with E-state index in [0.29, 0.717) is 19.6 Å². The number of aromatic carboxylic acids is 1. The second-order valence-electron chi connectivity index (χ2n) is 4.80. The molecule has 0 amide bonds. The highest BCUT2D eigenvalue weighted by Gasteiger charge is 2.26. The van der Waals surface area contributed by atoms with Crippen LogP contribution in [0.1, 0.15) is 16.9 Å². The minimum atomic E-state index is -1.22. The van der Waals surface area contributed by atoms with Crippen LogP contribution in [-0.4, -0.2) is 39.2 Å². The Bertz CT molecular complexity index is 756. The number of nitrogens with zero attached hydrogens (tertiary/aromatic N) is 2. The van der Waals surface area contributed by atoms with Crippen molar-refractivity contribution >= 4 is 5.97 Å². The molecule has 1 aliphatic heterocycles. The molecule has 1 aliphatic rings. The zero-order chi connectivity index (χ0) is 15.9. The van der Waals surface area contributed by atoms with E-state index >= 15 is 0 Å². The summed E-state index contributed by atoms with van der Waals surface area (Å²) in [5, 5.41) is 22.9. The lowest BCUT2D eigenvalue weighted by Crippen LogP contribution is -2.01. The number of phenols is 1. The second-order valence-corrected chi connectivity index (χ2v) is 4.80. The summed E-state index contributed by atoms with van der Waals surface area (Å²) in [6.45, 7) is 0.705. The van der Waals surface area contributed by atoms with Crippen molar-refractivity contribution in [2.75, 3.05) is 13.2 Å². The summed E-state index contributed by atoms with van der Waals surface area (Å²) in [5.74, 6) is -2.39. The molecule has 1 aromatic heterocycles. The highest BCUT2D eigenvalue weighted by Crippen LogP contribution is 2.46. The Kier molecular flexibility index (Phi) is 3.36. The molecule has 0 radical (unpaired) electrons. The monoisotopic (exact) mass is 308 g/mol. The minimum Gasteiger partial charge on any atom is -0.504 e. The molecule has 0 atom stereocenters. The number of carbonyl (C=O) groups is 1. The Hall–Kier alpha value is -2.77. The number of halogens is 1. The van der Waals surface area contributed by atoms with E-state index in [-0.39, 0.29) is 28.5 Å². The quantitative estimate of drug-likeness (QED) is 0.878. The van der Waals surface area contributed by atoms with Crippen molar-refractivity contribution in [3.05, 3.63) is 23.6 Å². The van der Waals surface area contributed by atoms with Gasteiger partial charge in [-0.15, -0.1) is 0 Å². The second kappa shape index (κ2) is 5.21. The number of aryl methyl sites for hydroxylation is 1. The standard InChI is InChI=1S/C14H13FN2O5/c1-17-9(6-8(16-17)14(19)20)11-12(18)7(15)5-10-13(11)22-4-2-3-21-10/h5-6,18H,2-4H2,1H3,(H,19,20). The molecule has 0 bridgehead atoms. The average Bonchev–Trinajstić information content (AvgIpc) is 2.70. The number of carboxylic acid groups (broad SMARTS) is 1. The van der Waals surface area contributed by atoms with E-state index in [1.165, 1.54) is 17.8 Å². The van der Waals surface area contributed by atoms with Gasteiger partial charge in [-0.3, -0.25) is 4.68 Å². The largest absolute Gasteiger partial charge is 0.504 e. The molecule has 0 spiro atoms. The van der Waals surface area contributed by atoms with E-state index in [4.69, 9.17) is 14.6 Å². The molecule has 116 valence electrons. The number of ether oxygens (including phenoxy) is 2. The molecule has 22 heavy (non-hydrogen) atoms. The number of hydrogen-bond donors (Lipinski definition) is 2. The van der Waals surface area contributed by atoms with Gasteiger partial charge in [0.05, 0.1) is 24.5 Å². The van der Waals surface area contributed by atoms with Crippen molar-refractivity contribution in [2.24, 2.45) is 7.05 Å². The Morgan fingerprint density at radius 2 is 2.09 bits per heavy atom. The summed E-state index contributed by atoms with van der Waals surface area (Å²) in [6, 6.07) is 2.29. The van der Waals surface area contributed by atoms with Crippen molar-refractivity contribution in [3.63, 3.8) is 0 Å². The van der Waals surface area contributed by atoms with Gasteiger partial charge in [-0.25, -0.2) is 9.18 Å². The van der Waals surface area contributed by atoms with Gasteiger partial charge >= 0.3 is 5.97 Å². The Labute approximate surface area is 124 Å². The lowest BCUT2D eigenvalue weighted by Gasteiger charge is -2.14. The van der Waals surface area contributed by atoms with Crippen molar-refractivity contribution in [1.29, 1.82) is 0 Å². The summed E-state index contributed by atoms with van der Waals surface area (Å²) in [4.78, 5) is 11.0. The number of benzene rings is 1. The van der Waals surface area contributed by atoms with Crippen molar-refractivity contribution in [1.82, 2.24) is 9.78 Å². The molecule has 2 heterocycles. The first-order chi connectivity index (χ1) is 10.5. The molecule has 2 aromatic rings. The molecular weight excluding hydrogens is 295 g/mol. The maximum atomic E-state index is 14.0. The lowest BCUT2D eigenvalue weighted by atomic mass is 10.1. The molecule has 0 fully saturated rings. The maximum absolute atomic E-state index is 14.0. The molecule has 3 rings (SSSR count). The van der Waals surface area contributed by atoms with Crippen LogP contribution in [0.4, 0.5) is 4.39 Å². The normalized spacial score (nSPS) is 13.7. The van der Waals surface area contributed by atoms with E-state index in [1.807, 2.05) is 0 Å². The smallest absolute Gasteiger partial charge is 0.356 e. The highest BCUT2D eigenvalue weighted by atomic mass is 19.1. The predicted octanol–water partition coefficient (Wildman–Crippen LogP) is 1.79. The summed E-state index contributed by atoms with van der Waals surface area (Å²) in [7, 11) is 1.50. The number of fused-ring (bicyclic) bond motifs is 1. The first kappa shape index (κ1) is 14.2. The van der Waals surface area contributed by atoms with Crippen LogP contribution in [0.25, 0.3) is 11.3 Å². The highest BCUT2D eigenvalue weighted by molar-refractivity contribution is 5.88. The van der Waals surface area contributed by atoms with Gasteiger partial charge in [0.2, 0.25) is 0 Å². The van der Waals surface area contributed by atoms with Gasteiger partial charge in [0.25, 0.3) is 0 Å². The lowest BCUT2D eigenvalue weighted by molar-refractivity contribution is 0.0689.